The van der Waals surface area contributed by atoms with Crippen LogP contribution < -0.4 is 4.57 Å². The lowest BCUT2D eigenvalue weighted by atomic mass is 9.90. The Hall–Kier alpha value is -2.36. The minimum absolute atomic E-state index is 0.124. The fraction of sp³-hybridized carbons (Fsp3) is 0.368. The number of pyridine rings is 1. The number of carbonyl (C=O) groups excluding carboxylic acids is 1. The number of benzene rings is 1. The average molecular weight is 311 g/mol. The first-order valence-corrected chi connectivity index (χ1v) is 8.20. The summed E-state index contributed by atoms with van der Waals surface area (Å²) in [4.78, 5) is 14.3. The van der Waals surface area contributed by atoms with E-state index >= 15 is 0 Å². The molecule has 1 aromatic heterocycles. The van der Waals surface area contributed by atoms with Gasteiger partial charge in [0.15, 0.2) is 11.9 Å². The highest BCUT2D eigenvalue weighted by Crippen LogP contribution is 2.21. The SMILES string of the molecule is O=C(C[n+]1cccc(O)c1)N1CCC(Cc2ccccc2)CC1. The van der Waals surface area contributed by atoms with Gasteiger partial charge in [-0.1, -0.05) is 30.3 Å². The van der Waals surface area contributed by atoms with Gasteiger partial charge in [-0.2, -0.15) is 4.57 Å². The molecule has 0 saturated carbocycles. The first-order valence-electron chi connectivity index (χ1n) is 8.20. The van der Waals surface area contributed by atoms with Crippen LogP contribution in [0.4, 0.5) is 0 Å². The predicted octanol–water partition coefficient (Wildman–Crippen LogP) is 2.16. The van der Waals surface area contributed by atoms with Crippen LogP contribution in [0.15, 0.2) is 54.9 Å². The van der Waals surface area contributed by atoms with Gasteiger partial charge in [-0.05, 0) is 36.8 Å². The number of aromatic nitrogens is 1. The van der Waals surface area contributed by atoms with E-state index in [1.807, 2.05) is 11.0 Å². The quantitative estimate of drug-likeness (QED) is 0.880. The largest absolute Gasteiger partial charge is 0.503 e. The summed E-state index contributed by atoms with van der Waals surface area (Å²) in [5.74, 6) is 0.968. The molecule has 2 aromatic rings. The fourth-order valence-electron chi connectivity index (χ4n) is 3.20. The molecule has 4 heteroatoms. The monoisotopic (exact) mass is 311 g/mol. The van der Waals surface area contributed by atoms with E-state index in [9.17, 15) is 9.90 Å². The van der Waals surface area contributed by atoms with Gasteiger partial charge in [0.25, 0.3) is 5.91 Å². The Morgan fingerprint density at radius 1 is 1.13 bits per heavy atom. The Kier molecular flexibility index (Phi) is 4.91. The van der Waals surface area contributed by atoms with Gasteiger partial charge in [0.2, 0.25) is 12.7 Å². The first-order chi connectivity index (χ1) is 11.2. The number of rotatable bonds is 4. The zero-order valence-corrected chi connectivity index (χ0v) is 13.3. The first kappa shape index (κ1) is 15.5. The molecule has 1 saturated heterocycles. The van der Waals surface area contributed by atoms with Crippen LogP contribution in [0, 0.1) is 5.92 Å². The van der Waals surface area contributed by atoms with Gasteiger partial charge in [-0.3, -0.25) is 4.79 Å². The normalized spacial score (nSPS) is 15.6. The molecule has 0 unspecified atom stereocenters. The molecule has 0 aliphatic carbocycles. The van der Waals surface area contributed by atoms with E-state index in [0.717, 1.165) is 32.4 Å². The van der Waals surface area contributed by atoms with Crippen LogP contribution in [0.5, 0.6) is 5.75 Å². The number of likely N-dealkylation sites (tertiary alicyclic amines) is 1. The van der Waals surface area contributed by atoms with E-state index in [4.69, 9.17) is 0 Å². The van der Waals surface area contributed by atoms with Crippen molar-refractivity contribution in [1.29, 1.82) is 0 Å². The molecule has 3 rings (SSSR count). The van der Waals surface area contributed by atoms with E-state index in [1.165, 1.54) is 5.56 Å². The van der Waals surface area contributed by atoms with Crippen molar-refractivity contribution in [3.8, 4) is 5.75 Å². The maximum atomic E-state index is 12.4. The third-order valence-corrected chi connectivity index (χ3v) is 4.49. The van der Waals surface area contributed by atoms with E-state index < -0.39 is 0 Å². The van der Waals surface area contributed by atoms with Crippen molar-refractivity contribution >= 4 is 5.91 Å². The second-order valence-corrected chi connectivity index (χ2v) is 6.25. The molecule has 4 nitrogen and oxygen atoms in total. The van der Waals surface area contributed by atoms with Gasteiger partial charge in [-0.15, -0.1) is 0 Å². The Balaban J connectivity index is 1.49. The van der Waals surface area contributed by atoms with Crippen molar-refractivity contribution in [2.75, 3.05) is 13.1 Å². The summed E-state index contributed by atoms with van der Waals surface area (Å²) in [6.07, 6.45) is 6.61. The summed E-state index contributed by atoms with van der Waals surface area (Å²) < 4.78 is 1.73. The van der Waals surface area contributed by atoms with Crippen LogP contribution in [-0.2, 0) is 17.8 Å². The molecule has 1 amide bonds. The van der Waals surface area contributed by atoms with Crippen molar-refractivity contribution < 1.29 is 14.5 Å². The van der Waals surface area contributed by atoms with Crippen molar-refractivity contribution in [2.24, 2.45) is 5.92 Å². The third kappa shape index (κ3) is 4.31. The number of piperidine rings is 1. The molecular formula is C19H23N2O2+. The number of hydrogen-bond acceptors (Lipinski definition) is 2. The Morgan fingerprint density at radius 2 is 1.87 bits per heavy atom. The number of carbonyl (C=O) groups is 1. The highest BCUT2D eigenvalue weighted by Gasteiger charge is 2.24. The minimum Gasteiger partial charge on any atom is -0.503 e. The Labute approximate surface area is 137 Å². The molecule has 0 atom stereocenters. The molecule has 1 N–H and O–H groups in total. The summed E-state index contributed by atoms with van der Waals surface area (Å²) >= 11 is 0. The molecule has 1 aromatic carbocycles. The number of hydrogen-bond donors (Lipinski definition) is 1. The molecule has 1 fully saturated rings. The van der Waals surface area contributed by atoms with Crippen molar-refractivity contribution in [1.82, 2.24) is 4.90 Å². The Morgan fingerprint density at radius 3 is 2.57 bits per heavy atom. The van der Waals surface area contributed by atoms with Gasteiger partial charge in [0.1, 0.15) is 0 Å². The molecule has 2 heterocycles. The van der Waals surface area contributed by atoms with Crippen LogP contribution in [0.2, 0.25) is 0 Å². The highest BCUT2D eigenvalue weighted by molar-refractivity contribution is 5.74. The lowest BCUT2D eigenvalue weighted by molar-refractivity contribution is -0.685. The molecular weight excluding hydrogens is 288 g/mol. The summed E-state index contributed by atoms with van der Waals surface area (Å²) in [7, 11) is 0. The van der Waals surface area contributed by atoms with Crippen molar-refractivity contribution in [3.05, 3.63) is 60.4 Å². The summed E-state index contributed by atoms with van der Waals surface area (Å²) in [6.45, 7) is 1.95. The molecule has 120 valence electrons. The van der Waals surface area contributed by atoms with Gasteiger partial charge in [0.05, 0.1) is 0 Å². The van der Waals surface area contributed by atoms with Gasteiger partial charge < -0.3 is 10.0 Å². The van der Waals surface area contributed by atoms with Crippen molar-refractivity contribution in [3.63, 3.8) is 0 Å². The molecule has 23 heavy (non-hydrogen) atoms. The van der Waals surface area contributed by atoms with Crippen LogP contribution in [0.1, 0.15) is 18.4 Å². The Bertz CT molecular complexity index is 649. The molecule has 0 spiro atoms. The smallest absolute Gasteiger partial charge is 0.288 e. The second-order valence-electron chi connectivity index (χ2n) is 6.25. The van der Waals surface area contributed by atoms with Crippen LogP contribution >= 0.6 is 0 Å². The van der Waals surface area contributed by atoms with Gasteiger partial charge in [-0.25, -0.2) is 0 Å². The third-order valence-electron chi connectivity index (χ3n) is 4.49. The van der Waals surface area contributed by atoms with Gasteiger partial charge in [0, 0.05) is 19.2 Å². The average Bonchev–Trinajstić information content (AvgIpc) is 2.56. The molecule has 1 aliphatic heterocycles. The number of amides is 1. The van der Waals surface area contributed by atoms with E-state index in [2.05, 4.69) is 24.3 Å². The molecule has 0 bridgehead atoms. The van der Waals surface area contributed by atoms with Crippen LogP contribution in [0.3, 0.4) is 0 Å². The standard InChI is InChI=1S/C19H22N2O2/c22-18-7-4-10-20(14-18)15-19(23)21-11-8-17(9-12-21)13-16-5-2-1-3-6-16/h1-7,10,14,17H,8-9,11-13,15H2/p+1. The summed E-state index contributed by atoms with van der Waals surface area (Å²) in [5.41, 5.74) is 1.38. The van der Waals surface area contributed by atoms with Crippen LogP contribution in [-0.4, -0.2) is 29.0 Å². The summed E-state index contributed by atoms with van der Waals surface area (Å²) in [5, 5.41) is 9.47. The number of nitrogens with zero attached hydrogens (tertiary/aromatic N) is 2. The topological polar surface area (TPSA) is 44.4 Å². The molecule has 1 aliphatic rings. The number of aromatic hydroxyl groups is 1. The predicted molar refractivity (Wildman–Crippen MR) is 87.8 cm³/mol. The fourth-order valence-corrected chi connectivity index (χ4v) is 3.20. The summed E-state index contributed by atoms with van der Waals surface area (Å²) in [6, 6.07) is 13.9. The maximum Gasteiger partial charge on any atom is 0.288 e. The van der Waals surface area contributed by atoms with Gasteiger partial charge >= 0.3 is 0 Å². The van der Waals surface area contributed by atoms with Crippen LogP contribution in [0.25, 0.3) is 0 Å². The maximum absolute atomic E-state index is 12.4. The lowest BCUT2D eigenvalue weighted by Gasteiger charge is -2.31. The lowest BCUT2D eigenvalue weighted by Crippen LogP contribution is -2.47. The zero-order chi connectivity index (χ0) is 16.1. The van der Waals surface area contributed by atoms with E-state index in [1.54, 1.807) is 29.1 Å². The van der Waals surface area contributed by atoms with E-state index in [0.29, 0.717) is 5.92 Å². The zero-order valence-electron chi connectivity index (χ0n) is 13.3. The molecule has 0 radical (unpaired) electrons. The highest BCUT2D eigenvalue weighted by atomic mass is 16.3. The minimum atomic E-state index is 0.124. The second kappa shape index (κ2) is 7.27. The van der Waals surface area contributed by atoms with E-state index in [-0.39, 0.29) is 18.2 Å². The van der Waals surface area contributed by atoms with Crippen molar-refractivity contribution in [2.45, 2.75) is 25.8 Å².